The number of ether oxygens (including phenoxy) is 1. The number of carboxylic acid groups (broad SMARTS) is 1. The summed E-state index contributed by atoms with van der Waals surface area (Å²) in [7, 11) is 0. The van der Waals surface area contributed by atoms with Crippen molar-refractivity contribution in [1.29, 1.82) is 0 Å². The Kier molecular flexibility index (Phi) is 7.86. The Labute approximate surface area is 140 Å². The fourth-order valence-corrected chi connectivity index (χ4v) is 3.38. The fraction of sp³-hybridized carbons (Fsp3) is 0.889. The highest BCUT2D eigenvalue weighted by molar-refractivity contribution is 5.84. The molecule has 5 heteroatoms. The molecule has 0 heterocycles. The van der Waals surface area contributed by atoms with Crippen molar-refractivity contribution in [3.05, 3.63) is 0 Å². The average molecular weight is 327 g/mol. The standard InChI is InChI=1S/C18H33NO4/c1-5-7-13-23-17(22)19(15-11-9-8-10-12-15)18(4,16(20)21)14(3)6-2/h14-15H,5-13H2,1-4H3,(H,20,21). The van der Waals surface area contributed by atoms with Crippen molar-refractivity contribution in [2.24, 2.45) is 5.92 Å². The van der Waals surface area contributed by atoms with Crippen LogP contribution in [0.1, 0.15) is 79.1 Å². The molecule has 1 fully saturated rings. The quantitative estimate of drug-likeness (QED) is 0.669. The van der Waals surface area contributed by atoms with Gasteiger partial charge in [0.1, 0.15) is 5.54 Å². The lowest BCUT2D eigenvalue weighted by Gasteiger charge is -2.46. The Balaban J connectivity index is 3.08. The number of hydrogen-bond donors (Lipinski definition) is 1. The molecule has 0 saturated heterocycles. The van der Waals surface area contributed by atoms with Crippen LogP contribution in [-0.4, -0.2) is 40.3 Å². The predicted molar refractivity (Wildman–Crippen MR) is 90.5 cm³/mol. The van der Waals surface area contributed by atoms with Gasteiger partial charge < -0.3 is 9.84 Å². The van der Waals surface area contributed by atoms with Crippen molar-refractivity contribution < 1.29 is 19.4 Å². The first kappa shape index (κ1) is 19.8. The molecule has 0 aromatic heterocycles. The number of carbonyl (C=O) groups excluding carboxylic acids is 1. The number of amides is 1. The van der Waals surface area contributed by atoms with E-state index in [1.54, 1.807) is 11.8 Å². The minimum absolute atomic E-state index is 0.0343. The zero-order chi connectivity index (χ0) is 17.5. The van der Waals surface area contributed by atoms with Crippen molar-refractivity contribution in [2.45, 2.75) is 90.6 Å². The molecule has 0 bridgehead atoms. The number of unbranched alkanes of at least 4 members (excludes halogenated alkanes) is 1. The topological polar surface area (TPSA) is 66.8 Å². The molecule has 2 unspecified atom stereocenters. The Morgan fingerprint density at radius 2 is 1.87 bits per heavy atom. The largest absolute Gasteiger partial charge is 0.479 e. The lowest BCUT2D eigenvalue weighted by molar-refractivity contribution is -0.155. The molecular formula is C18H33NO4. The molecule has 1 saturated carbocycles. The van der Waals surface area contributed by atoms with Gasteiger partial charge in [0.25, 0.3) is 0 Å². The minimum atomic E-state index is -1.22. The molecular weight excluding hydrogens is 294 g/mol. The van der Waals surface area contributed by atoms with Gasteiger partial charge in [-0.05, 0) is 32.1 Å². The maximum atomic E-state index is 12.7. The molecule has 1 aliphatic carbocycles. The fourth-order valence-electron chi connectivity index (χ4n) is 3.38. The molecule has 0 radical (unpaired) electrons. The highest BCUT2D eigenvalue weighted by Gasteiger charge is 2.49. The van der Waals surface area contributed by atoms with Crippen LogP contribution in [0.15, 0.2) is 0 Å². The van der Waals surface area contributed by atoms with Crippen molar-refractivity contribution in [3.8, 4) is 0 Å². The lowest BCUT2D eigenvalue weighted by atomic mass is 9.80. The summed E-state index contributed by atoms with van der Waals surface area (Å²) in [4.78, 5) is 26.4. The van der Waals surface area contributed by atoms with Gasteiger partial charge in [-0.3, -0.25) is 4.90 Å². The molecule has 0 aliphatic heterocycles. The van der Waals surface area contributed by atoms with Crippen LogP contribution in [0.3, 0.4) is 0 Å². The van der Waals surface area contributed by atoms with Gasteiger partial charge in [-0.1, -0.05) is 52.9 Å². The second-order valence-corrected chi connectivity index (χ2v) is 6.89. The van der Waals surface area contributed by atoms with Gasteiger partial charge in [0.15, 0.2) is 0 Å². The molecule has 1 N–H and O–H groups in total. The maximum Gasteiger partial charge on any atom is 0.410 e. The summed E-state index contributed by atoms with van der Waals surface area (Å²) in [6.45, 7) is 7.94. The predicted octanol–water partition coefficient (Wildman–Crippen LogP) is 4.45. The van der Waals surface area contributed by atoms with Crippen LogP contribution in [0.5, 0.6) is 0 Å². The minimum Gasteiger partial charge on any atom is -0.479 e. The second-order valence-electron chi connectivity index (χ2n) is 6.89. The van der Waals surface area contributed by atoms with Crippen molar-refractivity contribution in [1.82, 2.24) is 4.90 Å². The summed E-state index contributed by atoms with van der Waals surface area (Å²) in [5.41, 5.74) is -1.22. The Hall–Kier alpha value is -1.26. The number of rotatable bonds is 8. The van der Waals surface area contributed by atoms with Gasteiger partial charge in [-0.2, -0.15) is 0 Å². The molecule has 1 rings (SSSR count). The average Bonchev–Trinajstić information content (AvgIpc) is 2.55. The third-order valence-electron chi connectivity index (χ3n) is 5.37. The van der Waals surface area contributed by atoms with Crippen LogP contribution in [0, 0.1) is 5.92 Å². The summed E-state index contributed by atoms with van der Waals surface area (Å²) in [5.74, 6) is -1.08. The highest BCUT2D eigenvalue weighted by atomic mass is 16.6. The Bertz CT molecular complexity index is 392. The van der Waals surface area contributed by atoms with Gasteiger partial charge in [0.05, 0.1) is 6.61 Å². The summed E-state index contributed by atoms with van der Waals surface area (Å²) in [5, 5.41) is 9.91. The maximum absolute atomic E-state index is 12.7. The van der Waals surface area contributed by atoms with E-state index >= 15 is 0 Å². The van der Waals surface area contributed by atoms with E-state index in [0.717, 1.165) is 44.9 Å². The van der Waals surface area contributed by atoms with Crippen LogP contribution in [0.25, 0.3) is 0 Å². The monoisotopic (exact) mass is 327 g/mol. The van der Waals surface area contributed by atoms with E-state index in [1.807, 2.05) is 20.8 Å². The van der Waals surface area contributed by atoms with Crippen molar-refractivity contribution in [3.63, 3.8) is 0 Å². The molecule has 0 aromatic carbocycles. The molecule has 5 nitrogen and oxygen atoms in total. The van der Waals surface area contributed by atoms with Crippen LogP contribution in [0.4, 0.5) is 4.79 Å². The number of carboxylic acids is 1. The Morgan fingerprint density at radius 3 is 2.35 bits per heavy atom. The van der Waals surface area contributed by atoms with Gasteiger partial charge >= 0.3 is 12.1 Å². The first-order chi connectivity index (χ1) is 10.9. The second kappa shape index (κ2) is 9.14. The SMILES string of the molecule is CCCCOC(=O)N(C1CCCCC1)C(C)(C(=O)O)C(C)CC. The van der Waals surface area contributed by atoms with E-state index in [1.165, 1.54) is 0 Å². The first-order valence-corrected chi connectivity index (χ1v) is 9.09. The van der Waals surface area contributed by atoms with Crippen LogP contribution in [-0.2, 0) is 9.53 Å². The zero-order valence-corrected chi connectivity index (χ0v) is 15.1. The number of hydrogen-bond acceptors (Lipinski definition) is 3. The summed E-state index contributed by atoms with van der Waals surface area (Å²) >= 11 is 0. The molecule has 2 atom stereocenters. The molecule has 23 heavy (non-hydrogen) atoms. The number of nitrogens with zero attached hydrogens (tertiary/aromatic N) is 1. The van der Waals surface area contributed by atoms with Gasteiger partial charge in [-0.25, -0.2) is 9.59 Å². The molecule has 0 spiro atoms. The van der Waals surface area contributed by atoms with Crippen molar-refractivity contribution >= 4 is 12.1 Å². The smallest absolute Gasteiger partial charge is 0.410 e. The van der Waals surface area contributed by atoms with E-state index in [-0.39, 0.29) is 12.0 Å². The zero-order valence-electron chi connectivity index (χ0n) is 15.1. The number of aliphatic carboxylic acids is 1. The summed E-state index contributed by atoms with van der Waals surface area (Å²) < 4.78 is 5.41. The van der Waals surface area contributed by atoms with Gasteiger partial charge in [-0.15, -0.1) is 0 Å². The van der Waals surface area contributed by atoms with Gasteiger partial charge in [0, 0.05) is 6.04 Å². The molecule has 0 aromatic rings. The van der Waals surface area contributed by atoms with E-state index < -0.39 is 17.6 Å². The lowest BCUT2D eigenvalue weighted by Crippen LogP contribution is -2.62. The summed E-state index contributed by atoms with van der Waals surface area (Å²) in [6, 6.07) is -0.0343. The highest BCUT2D eigenvalue weighted by Crippen LogP contribution is 2.35. The normalized spacial score (nSPS) is 19.7. The van der Waals surface area contributed by atoms with E-state index in [4.69, 9.17) is 4.74 Å². The molecule has 134 valence electrons. The van der Waals surface area contributed by atoms with E-state index in [2.05, 4.69) is 0 Å². The third kappa shape index (κ3) is 4.61. The van der Waals surface area contributed by atoms with E-state index in [9.17, 15) is 14.7 Å². The van der Waals surface area contributed by atoms with E-state index in [0.29, 0.717) is 13.0 Å². The van der Waals surface area contributed by atoms with Crippen LogP contribution in [0.2, 0.25) is 0 Å². The number of carbonyl (C=O) groups is 2. The van der Waals surface area contributed by atoms with Crippen molar-refractivity contribution in [2.75, 3.05) is 6.61 Å². The third-order valence-corrected chi connectivity index (χ3v) is 5.37. The summed E-state index contributed by atoms with van der Waals surface area (Å²) in [6.07, 6.45) is 6.95. The molecule has 1 aliphatic rings. The Morgan fingerprint density at radius 1 is 1.26 bits per heavy atom. The van der Waals surface area contributed by atoms with Crippen LogP contribution >= 0.6 is 0 Å². The van der Waals surface area contributed by atoms with Crippen LogP contribution < -0.4 is 0 Å². The van der Waals surface area contributed by atoms with Gasteiger partial charge in [0.2, 0.25) is 0 Å². The molecule has 1 amide bonds. The first-order valence-electron chi connectivity index (χ1n) is 9.09.